The number of sulfonamides is 1. The third kappa shape index (κ3) is 5.87. The fourth-order valence-corrected chi connectivity index (χ4v) is 5.57. The van der Waals surface area contributed by atoms with E-state index in [9.17, 15) is 26.8 Å². The molecule has 9 nitrogen and oxygen atoms in total. The van der Waals surface area contributed by atoms with E-state index >= 15 is 0 Å². The fourth-order valence-electron chi connectivity index (χ4n) is 3.84. The molecular formula is C24H21ClF2N4O5S. The summed E-state index contributed by atoms with van der Waals surface area (Å²) in [5.41, 5.74) is 6.10. The molecule has 0 aliphatic carbocycles. The lowest BCUT2D eigenvalue weighted by Crippen LogP contribution is -2.60. The summed E-state index contributed by atoms with van der Waals surface area (Å²) in [5.74, 6) is -4.62. The summed E-state index contributed by atoms with van der Waals surface area (Å²) >= 11 is 5.79. The maximum absolute atomic E-state index is 14.8. The van der Waals surface area contributed by atoms with Crippen molar-refractivity contribution in [2.75, 3.05) is 19.6 Å². The molecule has 194 valence electrons. The van der Waals surface area contributed by atoms with Gasteiger partial charge in [-0.2, -0.15) is 4.31 Å². The second-order valence-electron chi connectivity index (χ2n) is 8.18. The van der Waals surface area contributed by atoms with Crippen molar-refractivity contribution in [2.24, 2.45) is 5.73 Å². The number of benzene rings is 2. The van der Waals surface area contributed by atoms with E-state index in [1.165, 1.54) is 35.4 Å². The monoisotopic (exact) mass is 550 g/mol. The minimum Gasteiger partial charge on any atom is -0.451 e. The van der Waals surface area contributed by atoms with Crippen LogP contribution in [-0.2, 0) is 26.0 Å². The van der Waals surface area contributed by atoms with E-state index < -0.39 is 44.3 Å². The Morgan fingerprint density at radius 2 is 1.78 bits per heavy atom. The first-order valence-electron chi connectivity index (χ1n) is 11.0. The van der Waals surface area contributed by atoms with Crippen molar-refractivity contribution >= 4 is 33.4 Å². The lowest BCUT2D eigenvalue weighted by molar-refractivity contribution is -0.134. The molecule has 1 aliphatic rings. The molecule has 1 fully saturated rings. The van der Waals surface area contributed by atoms with Crippen molar-refractivity contribution in [3.8, 4) is 11.5 Å². The van der Waals surface area contributed by atoms with Crippen LogP contribution in [0.15, 0.2) is 65.8 Å². The lowest BCUT2D eigenvalue weighted by Gasteiger charge is -2.39. The maximum Gasteiger partial charge on any atom is 0.244 e. The van der Waals surface area contributed by atoms with Gasteiger partial charge in [0.2, 0.25) is 21.8 Å². The van der Waals surface area contributed by atoms with Crippen molar-refractivity contribution < 1.29 is 31.5 Å². The summed E-state index contributed by atoms with van der Waals surface area (Å²) in [6.45, 7) is -0.664. The van der Waals surface area contributed by atoms with E-state index in [-0.39, 0.29) is 37.7 Å². The average molecular weight is 551 g/mol. The van der Waals surface area contributed by atoms with Crippen LogP contribution in [0.2, 0.25) is 5.02 Å². The molecule has 3 aromatic rings. The van der Waals surface area contributed by atoms with Crippen LogP contribution in [-0.4, -0.2) is 60.1 Å². The van der Waals surface area contributed by atoms with Crippen molar-refractivity contribution in [2.45, 2.75) is 17.4 Å². The number of pyridine rings is 1. The predicted molar refractivity (Wildman–Crippen MR) is 129 cm³/mol. The summed E-state index contributed by atoms with van der Waals surface area (Å²) < 4.78 is 62.1. The Labute approximate surface area is 216 Å². The molecule has 0 saturated carbocycles. The van der Waals surface area contributed by atoms with E-state index in [0.29, 0.717) is 22.7 Å². The Bertz CT molecular complexity index is 1400. The zero-order chi connectivity index (χ0) is 26.7. The molecular weight excluding hydrogens is 530 g/mol. The van der Waals surface area contributed by atoms with E-state index in [4.69, 9.17) is 22.1 Å². The summed E-state index contributed by atoms with van der Waals surface area (Å²) in [5, 5.41) is 0.387. The van der Waals surface area contributed by atoms with Gasteiger partial charge in [-0.05, 0) is 48.0 Å². The van der Waals surface area contributed by atoms with Crippen LogP contribution in [0.4, 0.5) is 8.78 Å². The van der Waals surface area contributed by atoms with Crippen LogP contribution in [0, 0.1) is 11.6 Å². The second kappa shape index (κ2) is 10.8. The molecule has 0 bridgehead atoms. The Hall–Kier alpha value is -3.61. The fraction of sp³-hybridized carbons (Fsp3) is 0.208. The molecule has 0 spiro atoms. The SMILES string of the molecule is NC(=O)[C@H]1CN(C(=O)Cc2cccnc2)CCN1S(=O)(=O)c1cc(F)c(Oc2ccc(Cl)cc2)c(F)c1. The van der Waals surface area contributed by atoms with Gasteiger partial charge in [0.25, 0.3) is 0 Å². The molecule has 37 heavy (non-hydrogen) atoms. The number of hydrogen-bond acceptors (Lipinski definition) is 6. The molecule has 4 rings (SSSR count). The summed E-state index contributed by atoms with van der Waals surface area (Å²) in [6, 6.07) is 8.82. The highest BCUT2D eigenvalue weighted by Crippen LogP contribution is 2.32. The number of ether oxygens (including phenoxy) is 1. The van der Waals surface area contributed by atoms with Gasteiger partial charge in [0.15, 0.2) is 17.4 Å². The largest absolute Gasteiger partial charge is 0.451 e. The van der Waals surface area contributed by atoms with Crippen LogP contribution in [0.5, 0.6) is 11.5 Å². The number of primary amides is 1. The van der Waals surface area contributed by atoms with E-state index in [0.717, 1.165) is 4.31 Å². The zero-order valence-corrected chi connectivity index (χ0v) is 20.8. The number of rotatable bonds is 7. The number of nitrogens with two attached hydrogens (primary N) is 1. The van der Waals surface area contributed by atoms with Gasteiger partial charge in [-0.1, -0.05) is 17.7 Å². The molecule has 1 saturated heterocycles. The van der Waals surface area contributed by atoms with Crippen LogP contribution >= 0.6 is 11.6 Å². The third-order valence-electron chi connectivity index (χ3n) is 5.70. The summed E-state index contributed by atoms with van der Waals surface area (Å²) in [6.07, 6.45) is 3.08. The average Bonchev–Trinajstić information content (AvgIpc) is 2.87. The van der Waals surface area contributed by atoms with Gasteiger partial charge in [0.1, 0.15) is 11.8 Å². The lowest BCUT2D eigenvalue weighted by atomic mass is 10.1. The number of carbonyl (C=O) groups is 2. The van der Waals surface area contributed by atoms with Gasteiger partial charge in [0, 0.05) is 37.1 Å². The molecule has 1 aromatic heterocycles. The number of halogens is 3. The minimum absolute atomic E-state index is 0.00240. The first-order chi connectivity index (χ1) is 17.6. The summed E-state index contributed by atoms with van der Waals surface area (Å²) in [7, 11) is -4.57. The van der Waals surface area contributed by atoms with Crippen molar-refractivity contribution in [1.82, 2.24) is 14.2 Å². The van der Waals surface area contributed by atoms with Crippen LogP contribution in [0.1, 0.15) is 5.56 Å². The van der Waals surface area contributed by atoms with Crippen molar-refractivity contribution in [1.29, 1.82) is 0 Å². The molecule has 0 radical (unpaired) electrons. The number of carbonyl (C=O) groups excluding carboxylic acids is 2. The molecule has 2 amide bonds. The van der Waals surface area contributed by atoms with Crippen molar-refractivity contribution in [3.63, 3.8) is 0 Å². The zero-order valence-electron chi connectivity index (χ0n) is 19.2. The topological polar surface area (TPSA) is 123 Å². The van der Waals surface area contributed by atoms with E-state index in [2.05, 4.69) is 4.98 Å². The number of hydrogen-bond donors (Lipinski definition) is 1. The number of amides is 2. The molecule has 2 heterocycles. The number of piperazine rings is 1. The molecule has 0 unspecified atom stereocenters. The number of nitrogens with zero attached hydrogens (tertiary/aromatic N) is 3. The molecule has 1 aliphatic heterocycles. The normalized spacial score (nSPS) is 16.4. The predicted octanol–water partition coefficient (Wildman–Crippen LogP) is 2.74. The Kier molecular flexibility index (Phi) is 7.71. The highest BCUT2D eigenvalue weighted by molar-refractivity contribution is 7.89. The van der Waals surface area contributed by atoms with Crippen LogP contribution < -0.4 is 10.5 Å². The van der Waals surface area contributed by atoms with Crippen LogP contribution in [0.25, 0.3) is 0 Å². The maximum atomic E-state index is 14.8. The van der Waals surface area contributed by atoms with E-state index in [1.54, 1.807) is 18.3 Å². The van der Waals surface area contributed by atoms with Gasteiger partial charge < -0.3 is 15.4 Å². The van der Waals surface area contributed by atoms with Gasteiger partial charge >= 0.3 is 0 Å². The number of aromatic nitrogens is 1. The van der Waals surface area contributed by atoms with Gasteiger partial charge in [-0.25, -0.2) is 17.2 Å². The van der Waals surface area contributed by atoms with Gasteiger partial charge in [-0.15, -0.1) is 0 Å². The standard InChI is InChI=1S/C24H21ClF2N4O5S/c25-16-3-5-17(6-4-16)36-23-19(26)11-18(12-20(23)27)37(34,35)31-9-8-30(14-21(31)24(28)33)22(32)10-15-2-1-7-29-13-15/h1-7,11-13,21H,8-10,14H2,(H2,28,33)/t21-/m1/s1. The second-order valence-corrected chi connectivity index (χ2v) is 10.5. The minimum atomic E-state index is -4.57. The van der Waals surface area contributed by atoms with Crippen LogP contribution in [0.3, 0.4) is 0 Å². The Balaban J connectivity index is 1.55. The highest BCUT2D eigenvalue weighted by Gasteiger charge is 2.41. The summed E-state index contributed by atoms with van der Waals surface area (Å²) in [4.78, 5) is 29.4. The van der Waals surface area contributed by atoms with Gasteiger partial charge in [0.05, 0.1) is 11.3 Å². The highest BCUT2D eigenvalue weighted by atomic mass is 35.5. The molecule has 1 atom stereocenters. The Morgan fingerprint density at radius 1 is 1.11 bits per heavy atom. The smallest absolute Gasteiger partial charge is 0.244 e. The molecule has 13 heteroatoms. The van der Waals surface area contributed by atoms with Crippen molar-refractivity contribution in [3.05, 3.63) is 83.1 Å². The molecule has 2 N–H and O–H groups in total. The Morgan fingerprint density at radius 3 is 2.38 bits per heavy atom. The van der Waals surface area contributed by atoms with Gasteiger partial charge in [-0.3, -0.25) is 14.6 Å². The quantitative estimate of drug-likeness (QED) is 0.482. The third-order valence-corrected chi connectivity index (χ3v) is 7.84. The molecule has 2 aromatic carbocycles. The first kappa shape index (κ1) is 26.5. The van der Waals surface area contributed by atoms with E-state index in [1.807, 2.05) is 0 Å². The first-order valence-corrected chi connectivity index (χ1v) is 12.8.